The SMILES string of the molecule is CCC[CH2][Sn]([CH2]CCC)([CH2]CCC)[c]1ccc2oc(-c3cc4ccc(OC)cc4o3)cc(=O)c2c1. The quantitative estimate of drug-likeness (QED) is 0.158. The summed E-state index contributed by atoms with van der Waals surface area (Å²) in [5.41, 5.74) is 1.35. The molecule has 2 aromatic carbocycles. The minimum atomic E-state index is -2.63. The van der Waals surface area contributed by atoms with Gasteiger partial charge in [0.25, 0.3) is 0 Å². The molecule has 0 aliphatic heterocycles. The standard InChI is InChI=1S/C18H11O4.3C4H9.Sn/c1-20-12-7-6-11-8-17(22-16(11)9-12)18-10-14(19)13-4-2-3-5-15(13)21-18;3*1-3-4-2;/h3-10H,1H3;3*1,3-4H2,2H3;. The molecule has 0 bridgehead atoms. The van der Waals surface area contributed by atoms with Gasteiger partial charge in [0.15, 0.2) is 0 Å². The third-order valence-corrected chi connectivity index (χ3v) is 22.9. The maximum absolute atomic E-state index is 13.3. The molecule has 0 aliphatic rings. The Balaban J connectivity index is 1.76. The van der Waals surface area contributed by atoms with E-state index in [1.54, 1.807) is 13.2 Å². The van der Waals surface area contributed by atoms with Crippen LogP contribution in [0.4, 0.5) is 0 Å². The normalized spacial score (nSPS) is 12.0. The zero-order chi connectivity index (χ0) is 24.8. The van der Waals surface area contributed by atoms with Gasteiger partial charge < -0.3 is 0 Å². The van der Waals surface area contributed by atoms with E-state index in [4.69, 9.17) is 13.6 Å². The molecule has 0 atom stereocenters. The van der Waals surface area contributed by atoms with Gasteiger partial charge in [-0.2, -0.15) is 0 Å². The van der Waals surface area contributed by atoms with E-state index >= 15 is 0 Å². The fourth-order valence-corrected chi connectivity index (χ4v) is 21.2. The van der Waals surface area contributed by atoms with E-state index in [1.165, 1.54) is 55.4 Å². The molecule has 0 aliphatic carbocycles. The van der Waals surface area contributed by atoms with E-state index in [2.05, 4.69) is 32.9 Å². The molecule has 4 aromatic rings. The van der Waals surface area contributed by atoms with Gasteiger partial charge in [-0.1, -0.05) is 0 Å². The Morgan fingerprint density at radius 3 is 2.00 bits per heavy atom. The molecule has 4 rings (SSSR count). The molecule has 2 aromatic heterocycles. The van der Waals surface area contributed by atoms with Crippen molar-refractivity contribution >= 4 is 43.9 Å². The molecule has 0 N–H and O–H groups in total. The van der Waals surface area contributed by atoms with E-state index in [0.717, 1.165) is 11.1 Å². The van der Waals surface area contributed by atoms with E-state index in [0.29, 0.717) is 28.1 Å². The van der Waals surface area contributed by atoms with Gasteiger partial charge in [0, 0.05) is 0 Å². The fourth-order valence-electron chi connectivity index (χ4n) is 5.22. The molecule has 0 unspecified atom stereocenters. The summed E-state index contributed by atoms with van der Waals surface area (Å²) in [6.45, 7) is 6.88. The molecule has 0 amide bonds. The van der Waals surface area contributed by atoms with Crippen molar-refractivity contribution in [3.8, 4) is 17.3 Å². The average molecular weight is 581 g/mol. The van der Waals surface area contributed by atoms with Gasteiger partial charge in [-0.05, 0) is 0 Å². The summed E-state index contributed by atoms with van der Waals surface area (Å²) in [5.74, 6) is 1.75. The Morgan fingerprint density at radius 1 is 0.743 bits per heavy atom. The number of ether oxygens (including phenoxy) is 1. The van der Waals surface area contributed by atoms with E-state index < -0.39 is 18.4 Å². The number of hydrogen-bond acceptors (Lipinski definition) is 4. The number of hydrogen-bond donors (Lipinski definition) is 0. The summed E-state index contributed by atoms with van der Waals surface area (Å²) in [6.07, 6.45) is 7.60. The van der Waals surface area contributed by atoms with Crippen LogP contribution in [0.15, 0.2) is 62.2 Å². The van der Waals surface area contributed by atoms with E-state index in [1.807, 2.05) is 30.3 Å². The van der Waals surface area contributed by atoms with Crippen molar-refractivity contribution in [1.29, 1.82) is 0 Å². The first-order valence-electron chi connectivity index (χ1n) is 13.2. The maximum atomic E-state index is 13.3. The Bertz CT molecular complexity index is 1310. The average Bonchev–Trinajstić information content (AvgIpc) is 3.32. The zero-order valence-corrected chi connectivity index (χ0v) is 24.5. The van der Waals surface area contributed by atoms with Crippen molar-refractivity contribution < 1.29 is 13.6 Å². The van der Waals surface area contributed by atoms with Crippen molar-refractivity contribution in [2.24, 2.45) is 0 Å². The van der Waals surface area contributed by atoms with Crippen LogP contribution in [0, 0.1) is 0 Å². The first-order chi connectivity index (χ1) is 17.0. The Hall–Kier alpha value is -2.21. The molecule has 2 heterocycles. The van der Waals surface area contributed by atoms with Crippen LogP contribution >= 0.6 is 0 Å². The topological polar surface area (TPSA) is 52.6 Å². The van der Waals surface area contributed by atoms with Gasteiger partial charge in [0.1, 0.15) is 0 Å². The van der Waals surface area contributed by atoms with Gasteiger partial charge in [0.2, 0.25) is 0 Å². The van der Waals surface area contributed by atoms with Gasteiger partial charge in [-0.25, -0.2) is 0 Å². The van der Waals surface area contributed by atoms with Crippen LogP contribution in [0.1, 0.15) is 59.3 Å². The van der Waals surface area contributed by atoms with Crippen molar-refractivity contribution in [2.75, 3.05) is 7.11 Å². The van der Waals surface area contributed by atoms with Gasteiger partial charge in [-0.3, -0.25) is 0 Å². The molecule has 186 valence electrons. The monoisotopic (exact) mass is 582 g/mol. The molecule has 0 radical (unpaired) electrons. The summed E-state index contributed by atoms with van der Waals surface area (Å²) in [5, 5.41) is 1.65. The Labute approximate surface area is 212 Å². The Kier molecular flexibility index (Phi) is 8.63. The fraction of sp³-hybridized carbons (Fsp3) is 0.433. The van der Waals surface area contributed by atoms with E-state index in [9.17, 15) is 4.79 Å². The third-order valence-electron chi connectivity index (χ3n) is 7.34. The van der Waals surface area contributed by atoms with Crippen LogP contribution in [0.5, 0.6) is 5.75 Å². The minimum absolute atomic E-state index is 0.00259. The second-order valence-corrected chi connectivity index (χ2v) is 23.0. The molecule has 35 heavy (non-hydrogen) atoms. The molecular formula is C30H38O4Sn. The third kappa shape index (κ3) is 5.63. The summed E-state index contributed by atoms with van der Waals surface area (Å²) in [7, 11) is 1.63. The molecule has 0 spiro atoms. The van der Waals surface area contributed by atoms with Gasteiger partial charge >= 0.3 is 206 Å². The molecule has 0 saturated carbocycles. The van der Waals surface area contributed by atoms with Gasteiger partial charge in [-0.15, -0.1) is 0 Å². The first-order valence-corrected chi connectivity index (χ1v) is 20.7. The second kappa shape index (κ2) is 11.7. The number of rotatable bonds is 12. The second-order valence-electron chi connectivity index (χ2n) is 9.79. The summed E-state index contributed by atoms with van der Waals surface area (Å²) in [4.78, 5) is 13.3. The zero-order valence-electron chi connectivity index (χ0n) is 21.6. The Morgan fingerprint density at radius 2 is 1.37 bits per heavy atom. The van der Waals surface area contributed by atoms with Crippen LogP contribution in [-0.2, 0) is 0 Å². The van der Waals surface area contributed by atoms with Crippen LogP contribution in [-0.4, -0.2) is 25.5 Å². The predicted molar refractivity (Wildman–Crippen MR) is 149 cm³/mol. The predicted octanol–water partition coefficient (Wildman–Crippen LogP) is 8.27. The summed E-state index contributed by atoms with van der Waals surface area (Å²) < 4.78 is 23.2. The van der Waals surface area contributed by atoms with Crippen molar-refractivity contribution in [3.63, 3.8) is 0 Å². The number of furan rings is 1. The number of fused-ring (bicyclic) bond motifs is 2. The summed E-state index contributed by atoms with van der Waals surface area (Å²) >= 11 is -2.63. The summed E-state index contributed by atoms with van der Waals surface area (Å²) in [6, 6.07) is 15.7. The first kappa shape index (κ1) is 25.9. The molecular weight excluding hydrogens is 543 g/mol. The van der Waals surface area contributed by atoms with Crippen LogP contribution in [0.25, 0.3) is 33.5 Å². The number of benzene rings is 2. The number of unbranched alkanes of at least 4 members (excludes halogenated alkanes) is 3. The van der Waals surface area contributed by atoms with Crippen molar-refractivity contribution in [2.45, 2.75) is 72.6 Å². The van der Waals surface area contributed by atoms with Crippen LogP contribution < -0.4 is 13.7 Å². The molecule has 5 heteroatoms. The van der Waals surface area contributed by atoms with Crippen molar-refractivity contribution in [1.82, 2.24) is 0 Å². The number of methoxy groups -OCH3 is 1. The van der Waals surface area contributed by atoms with Crippen LogP contribution in [0.3, 0.4) is 0 Å². The van der Waals surface area contributed by atoms with E-state index in [-0.39, 0.29) is 5.43 Å². The van der Waals surface area contributed by atoms with Crippen LogP contribution in [0.2, 0.25) is 13.3 Å². The molecule has 0 saturated heterocycles. The van der Waals surface area contributed by atoms with Gasteiger partial charge in [0.05, 0.1) is 7.11 Å². The molecule has 4 nitrogen and oxygen atoms in total. The molecule has 0 fully saturated rings. The van der Waals surface area contributed by atoms with Crippen molar-refractivity contribution in [3.05, 3.63) is 58.8 Å².